The molecule has 1 heterocycles. The number of hydrogen-bond donors (Lipinski definition) is 0. The van der Waals surface area contributed by atoms with Crippen molar-refractivity contribution in [2.24, 2.45) is 5.92 Å². The molecule has 0 amide bonds. The van der Waals surface area contributed by atoms with E-state index in [-0.39, 0.29) is 12.0 Å². The van der Waals surface area contributed by atoms with E-state index in [9.17, 15) is 4.79 Å². The Morgan fingerprint density at radius 1 is 1.25 bits per heavy atom. The highest BCUT2D eigenvalue weighted by Crippen LogP contribution is 2.24. The number of likely N-dealkylation sites (N-methyl/N-ethyl adjacent to an activating group) is 1. The van der Waals surface area contributed by atoms with Crippen molar-refractivity contribution in [3.8, 4) is 0 Å². The lowest BCUT2D eigenvalue weighted by Crippen LogP contribution is -2.38. The van der Waals surface area contributed by atoms with E-state index in [0.29, 0.717) is 25.7 Å². The molecule has 1 aliphatic rings. The third kappa shape index (κ3) is 6.20. The van der Waals surface area contributed by atoms with Crippen LogP contribution < -0.4 is 0 Å². The monoisotopic (exact) mass is 287 g/mol. The van der Waals surface area contributed by atoms with Gasteiger partial charge in [-0.05, 0) is 47.1 Å². The molecule has 1 fully saturated rings. The summed E-state index contributed by atoms with van der Waals surface area (Å²) >= 11 is 0. The number of rotatable bonds is 7. The molecule has 0 aromatic heterocycles. The summed E-state index contributed by atoms with van der Waals surface area (Å²) in [6.07, 6.45) is 0.806. The normalized spacial score (nSPS) is 24.1. The van der Waals surface area contributed by atoms with Crippen LogP contribution in [0.3, 0.4) is 0 Å². The molecule has 0 saturated carbocycles. The summed E-state index contributed by atoms with van der Waals surface area (Å²) in [7, 11) is 1.97. The number of ether oxygens (including phenoxy) is 3. The standard InChI is InChI=1S/C15H29NO4/c1-6-18-7-8-19-11-12-9-13(16(5)10-12)14(17)20-15(2,3)4/h12-13H,6-11H2,1-5H3. The van der Waals surface area contributed by atoms with Crippen LogP contribution in [-0.4, -0.2) is 62.5 Å². The molecule has 0 bridgehead atoms. The fraction of sp³-hybridized carbons (Fsp3) is 0.933. The molecule has 1 aliphatic heterocycles. The molecule has 0 aromatic rings. The molecule has 2 unspecified atom stereocenters. The first-order valence-corrected chi connectivity index (χ1v) is 7.42. The zero-order chi connectivity index (χ0) is 15.2. The zero-order valence-corrected chi connectivity index (χ0v) is 13.5. The Hall–Kier alpha value is -0.650. The molecule has 0 aromatic carbocycles. The van der Waals surface area contributed by atoms with Gasteiger partial charge < -0.3 is 14.2 Å². The number of esters is 1. The smallest absolute Gasteiger partial charge is 0.323 e. The van der Waals surface area contributed by atoms with Gasteiger partial charge >= 0.3 is 5.97 Å². The second kappa shape index (κ2) is 7.96. The lowest BCUT2D eigenvalue weighted by Gasteiger charge is -2.24. The quantitative estimate of drug-likeness (QED) is 0.527. The molecular formula is C15H29NO4. The van der Waals surface area contributed by atoms with Crippen LogP contribution in [0.5, 0.6) is 0 Å². The Bertz CT molecular complexity index is 301. The Labute approximate surface area is 122 Å². The van der Waals surface area contributed by atoms with Crippen LogP contribution in [0.2, 0.25) is 0 Å². The SMILES string of the molecule is CCOCCOCC1CC(C(=O)OC(C)(C)C)N(C)C1. The van der Waals surface area contributed by atoms with E-state index in [1.807, 2.05) is 34.7 Å². The van der Waals surface area contributed by atoms with Crippen LogP contribution in [0, 0.1) is 5.92 Å². The molecule has 0 radical (unpaired) electrons. The summed E-state index contributed by atoms with van der Waals surface area (Å²) in [5, 5.41) is 0. The van der Waals surface area contributed by atoms with Gasteiger partial charge in [0, 0.05) is 13.2 Å². The summed E-state index contributed by atoms with van der Waals surface area (Å²) in [5.74, 6) is 0.260. The van der Waals surface area contributed by atoms with Gasteiger partial charge in [0.25, 0.3) is 0 Å². The van der Waals surface area contributed by atoms with Crippen molar-refractivity contribution < 1.29 is 19.0 Å². The Kier molecular flexibility index (Phi) is 6.92. The number of likely N-dealkylation sites (tertiary alicyclic amines) is 1. The molecule has 20 heavy (non-hydrogen) atoms. The van der Waals surface area contributed by atoms with Crippen LogP contribution in [0.15, 0.2) is 0 Å². The van der Waals surface area contributed by atoms with Crippen LogP contribution in [0.4, 0.5) is 0 Å². The second-order valence-electron chi connectivity index (χ2n) is 6.36. The minimum absolute atomic E-state index is 0.128. The number of hydrogen-bond acceptors (Lipinski definition) is 5. The summed E-state index contributed by atoms with van der Waals surface area (Å²) in [4.78, 5) is 14.2. The molecular weight excluding hydrogens is 258 g/mol. The lowest BCUT2D eigenvalue weighted by atomic mass is 10.1. The largest absolute Gasteiger partial charge is 0.459 e. The summed E-state index contributed by atoms with van der Waals surface area (Å²) in [5.41, 5.74) is -0.427. The van der Waals surface area contributed by atoms with E-state index in [1.165, 1.54) is 0 Å². The maximum Gasteiger partial charge on any atom is 0.323 e. The highest BCUT2D eigenvalue weighted by atomic mass is 16.6. The minimum Gasteiger partial charge on any atom is -0.459 e. The van der Waals surface area contributed by atoms with E-state index in [4.69, 9.17) is 14.2 Å². The summed E-state index contributed by atoms with van der Waals surface area (Å²) in [6, 6.07) is -0.144. The van der Waals surface area contributed by atoms with Gasteiger partial charge in [0.2, 0.25) is 0 Å². The number of carbonyl (C=O) groups is 1. The van der Waals surface area contributed by atoms with Gasteiger partial charge in [-0.25, -0.2) is 0 Å². The fourth-order valence-corrected chi connectivity index (χ4v) is 2.38. The van der Waals surface area contributed by atoms with Crippen molar-refractivity contribution in [3.63, 3.8) is 0 Å². The molecule has 5 nitrogen and oxygen atoms in total. The van der Waals surface area contributed by atoms with Gasteiger partial charge in [-0.3, -0.25) is 9.69 Å². The average molecular weight is 287 g/mol. The molecule has 1 rings (SSSR count). The third-order valence-corrected chi connectivity index (χ3v) is 3.24. The molecule has 5 heteroatoms. The van der Waals surface area contributed by atoms with Crippen LogP contribution in [0.1, 0.15) is 34.1 Å². The fourth-order valence-electron chi connectivity index (χ4n) is 2.38. The van der Waals surface area contributed by atoms with E-state index in [1.54, 1.807) is 0 Å². The van der Waals surface area contributed by atoms with Gasteiger partial charge in [0.05, 0.1) is 19.8 Å². The first kappa shape index (κ1) is 17.4. The highest BCUT2D eigenvalue weighted by molar-refractivity contribution is 5.76. The predicted molar refractivity (Wildman–Crippen MR) is 77.7 cm³/mol. The predicted octanol–water partition coefficient (Wildman–Crippen LogP) is 1.70. The summed E-state index contributed by atoms with van der Waals surface area (Å²) < 4.78 is 16.3. The topological polar surface area (TPSA) is 48.0 Å². The van der Waals surface area contributed by atoms with Gasteiger partial charge in [-0.15, -0.1) is 0 Å². The molecule has 1 saturated heterocycles. The van der Waals surface area contributed by atoms with Crippen molar-refractivity contribution >= 4 is 5.97 Å². The van der Waals surface area contributed by atoms with Gasteiger partial charge in [0.1, 0.15) is 11.6 Å². The van der Waals surface area contributed by atoms with Crippen molar-refractivity contribution in [1.29, 1.82) is 0 Å². The number of carbonyl (C=O) groups excluding carboxylic acids is 1. The zero-order valence-electron chi connectivity index (χ0n) is 13.5. The van der Waals surface area contributed by atoms with Crippen LogP contribution >= 0.6 is 0 Å². The molecule has 2 atom stereocenters. The molecule has 0 spiro atoms. The Morgan fingerprint density at radius 3 is 2.50 bits per heavy atom. The average Bonchev–Trinajstić information content (AvgIpc) is 2.68. The van der Waals surface area contributed by atoms with Crippen molar-refractivity contribution in [3.05, 3.63) is 0 Å². The third-order valence-electron chi connectivity index (χ3n) is 3.24. The maximum absolute atomic E-state index is 12.1. The van der Waals surface area contributed by atoms with Crippen molar-refractivity contribution in [1.82, 2.24) is 4.90 Å². The maximum atomic E-state index is 12.1. The van der Waals surface area contributed by atoms with Crippen molar-refractivity contribution in [2.75, 3.05) is 40.0 Å². The van der Waals surface area contributed by atoms with E-state index >= 15 is 0 Å². The van der Waals surface area contributed by atoms with Crippen molar-refractivity contribution in [2.45, 2.75) is 45.8 Å². The number of nitrogens with zero attached hydrogens (tertiary/aromatic N) is 1. The molecule has 0 aliphatic carbocycles. The van der Waals surface area contributed by atoms with Gasteiger partial charge in [-0.2, -0.15) is 0 Å². The van der Waals surface area contributed by atoms with Gasteiger partial charge in [0.15, 0.2) is 0 Å². The lowest BCUT2D eigenvalue weighted by molar-refractivity contribution is -0.159. The van der Waals surface area contributed by atoms with Crippen LogP contribution in [0.25, 0.3) is 0 Å². The molecule has 0 N–H and O–H groups in total. The second-order valence-corrected chi connectivity index (χ2v) is 6.36. The van der Waals surface area contributed by atoms with Gasteiger partial charge in [-0.1, -0.05) is 0 Å². The Balaban J connectivity index is 2.30. The molecule has 118 valence electrons. The van der Waals surface area contributed by atoms with Crippen LogP contribution in [-0.2, 0) is 19.0 Å². The van der Waals surface area contributed by atoms with E-state index in [2.05, 4.69) is 4.90 Å². The van der Waals surface area contributed by atoms with E-state index < -0.39 is 5.60 Å². The van der Waals surface area contributed by atoms with E-state index in [0.717, 1.165) is 19.6 Å². The first-order chi connectivity index (χ1) is 9.33. The summed E-state index contributed by atoms with van der Waals surface area (Å²) in [6.45, 7) is 11.2. The Morgan fingerprint density at radius 2 is 1.90 bits per heavy atom. The first-order valence-electron chi connectivity index (χ1n) is 7.42. The highest BCUT2D eigenvalue weighted by Gasteiger charge is 2.37. The minimum atomic E-state index is -0.427.